The molecule has 1 aromatic heterocycles. The Balaban J connectivity index is 2.04. The van der Waals surface area contributed by atoms with E-state index in [0.29, 0.717) is 5.92 Å². The molecule has 0 radical (unpaired) electrons. The molecule has 1 aliphatic rings. The highest BCUT2D eigenvalue weighted by Crippen LogP contribution is 2.19. The molecular weight excluding hydrogens is 258 g/mol. The second-order valence-electron chi connectivity index (χ2n) is 5.51. The fourth-order valence-corrected chi connectivity index (χ4v) is 3.22. The summed E-state index contributed by atoms with van der Waals surface area (Å²) >= 11 is 1.49. The van der Waals surface area contributed by atoms with Crippen LogP contribution in [0, 0.1) is 12.8 Å². The van der Waals surface area contributed by atoms with Crippen LogP contribution >= 0.6 is 11.3 Å². The van der Waals surface area contributed by atoms with Gasteiger partial charge in [0, 0.05) is 12.6 Å². The molecule has 0 saturated carbocycles. The predicted octanol–water partition coefficient (Wildman–Crippen LogP) is 2.30. The Morgan fingerprint density at radius 2 is 2.42 bits per heavy atom. The number of nitrogens with one attached hydrogen (secondary N) is 1. The lowest BCUT2D eigenvalue weighted by atomic mass is 9.98. The Morgan fingerprint density at radius 1 is 1.63 bits per heavy atom. The molecule has 1 saturated heterocycles. The smallest absolute Gasteiger partial charge is 0.265 e. The summed E-state index contributed by atoms with van der Waals surface area (Å²) in [5.41, 5.74) is 0. The third-order valence-corrected chi connectivity index (χ3v) is 4.47. The van der Waals surface area contributed by atoms with Crippen molar-refractivity contribution in [3.63, 3.8) is 0 Å². The number of rotatable bonds is 4. The number of amides is 1. The second kappa shape index (κ2) is 6.48. The molecule has 0 aromatic carbocycles. The van der Waals surface area contributed by atoms with Crippen LogP contribution in [0.25, 0.3) is 0 Å². The maximum atomic E-state index is 12.5. The Morgan fingerprint density at radius 3 is 2.95 bits per heavy atom. The fourth-order valence-electron chi connectivity index (χ4n) is 2.49. The van der Waals surface area contributed by atoms with E-state index in [0.717, 1.165) is 29.5 Å². The number of piperidine rings is 1. The fraction of sp³-hybridized carbons (Fsp3) is 0.714. The predicted molar refractivity (Wildman–Crippen MR) is 78.6 cm³/mol. The first-order valence-electron chi connectivity index (χ1n) is 7.02. The minimum absolute atomic E-state index is 0.131. The summed E-state index contributed by atoms with van der Waals surface area (Å²) in [7, 11) is 0. The van der Waals surface area contributed by atoms with E-state index < -0.39 is 0 Å². The van der Waals surface area contributed by atoms with Crippen LogP contribution in [-0.2, 0) is 0 Å². The van der Waals surface area contributed by atoms with E-state index in [9.17, 15) is 4.79 Å². The van der Waals surface area contributed by atoms with Crippen molar-refractivity contribution >= 4 is 17.2 Å². The highest BCUT2D eigenvalue weighted by molar-refractivity contribution is 7.13. The van der Waals surface area contributed by atoms with Crippen molar-refractivity contribution in [2.75, 3.05) is 19.6 Å². The topological polar surface area (TPSA) is 45.2 Å². The maximum Gasteiger partial charge on any atom is 0.265 e. The van der Waals surface area contributed by atoms with Crippen LogP contribution < -0.4 is 5.32 Å². The van der Waals surface area contributed by atoms with Gasteiger partial charge in [-0.2, -0.15) is 0 Å². The molecule has 0 spiro atoms. The molecule has 1 atom stereocenters. The summed E-state index contributed by atoms with van der Waals surface area (Å²) < 4.78 is 0. The Labute approximate surface area is 119 Å². The highest BCUT2D eigenvalue weighted by atomic mass is 32.1. The zero-order valence-corrected chi connectivity index (χ0v) is 12.8. The number of hydrogen-bond donors (Lipinski definition) is 1. The standard InChI is InChI=1S/C14H23N3OS/c1-10(2)17(9-12-5-4-6-15-7-12)14(18)13-8-16-11(3)19-13/h8,10,12,15H,4-7,9H2,1-3H3. The van der Waals surface area contributed by atoms with Gasteiger partial charge in [0.05, 0.1) is 11.2 Å². The van der Waals surface area contributed by atoms with Gasteiger partial charge in [0.25, 0.3) is 5.91 Å². The molecule has 19 heavy (non-hydrogen) atoms. The van der Waals surface area contributed by atoms with Crippen LogP contribution in [0.15, 0.2) is 6.20 Å². The van der Waals surface area contributed by atoms with E-state index in [1.54, 1.807) is 6.20 Å². The third-order valence-electron chi connectivity index (χ3n) is 3.57. The molecule has 1 N–H and O–H groups in total. The van der Waals surface area contributed by atoms with Gasteiger partial charge < -0.3 is 10.2 Å². The van der Waals surface area contributed by atoms with Gasteiger partial charge in [-0.25, -0.2) is 4.98 Å². The van der Waals surface area contributed by atoms with E-state index in [1.165, 1.54) is 24.2 Å². The SMILES string of the molecule is Cc1ncc(C(=O)N(CC2CCCNC2)C(C)C)s1. The van der Waals surface area contributed by atoms with Gasteiger partial charge in [0.1, 0.15) is 4.88 Å². The van der Waals surface area contributed by atoms with Crippen molar-refractivity contribution in [1.29, 1.82) is 0 Å². The number of hydrogen-bond acceptors (Lipinski definition) is 4. The summed E-state index contributed by atoms with van der Waals surface area (Å²) in [5, 5.41) is 4.36. The number of aryl methyl sites for hydroxylation is 1. The van der Waals surface area contributed by atoms with Crippen molar-refractivity contribution in [3.8, 4) is 0 Å². The zero-order valence-electron chi connectivity index (χ0n) is 12.0. The first-order valence-corrected chi connectivity index (χ1v) is 7.83. The molecule has 2 heterocycles. The summed E-state index contributed by atoms with van der Waals surface area (Å²) in [4.78, 5) is 19.5. The van der Waals surface area contributed by atoms with Gasteiger partial charge in [-0.1, -0.05) is 0 Å². The first-order chi connectivity index (χ1) is 9.08. The lowest BCUT2D eigenvalue weighted by Gasteiger charge is -2.32. The van der Waals surface area contributed by atoms with Crippen LogP contribution in [0.2, 0.25) is 0 Å². The van der Waals surface area contributed by atoms with E-state index in [4.69, 9.17) is 0 Å². The number of aromatic nitrogens is 1. The quantitative estimate of drug-likeness (QED) is 0.921. The molecule has 1 unspecified atom stereocenters. The summed E-state index contributed by atoms with van der Waals surface area (Å²) in [6, 6.07) is 0.233. The van der Waals surface area contributed by atoms with Gasteiger partial charge in [-0.3, -0.25) is 4.79 Å². The molecule has 1 amide bonds. The van der Waals surface area contributed by atoms with Gasteiger partial charge in [-0.15, -0.1) is 11.3 Å². The van der Waals surface area contributed by atoms with Crippen molar-refractivity contribution in [1.82, 2.24) is 15.2 Å². The van der Waals surface area contributed by atoms with Gasteiger partial charge in [0.15, 0.2) is 0 Å². The molecule has 5 heteroatoms. The van der Waals surface area contributed by atoms with Crippen LogP contribution in [0.1, 0.15) is 41.4 Å². The molecule has 2 rings (SSSR count). The average molecular weight is 281 g/mol. The molecule has 106 valence electrons. The van der Waals surface area contributed by atoms with E-state index in [-0.39, 0.29) is 11.9 Å². The molecular formula is C14H23N3OS. The molecule has 4 nitrogen and oxygen atoms in total. The lowest BCUT2D eigenvalue weighted by Crippen LogP contribution is -2.44. The summed E-state index contributed by atoms with van der Waals surface area (Å²) in [5.74, 6) is 0.709. The molecule has 0 aliphatic carbocycles. The van der Waals surface area contributed by atoms with Crippen LogP contribution in [0.5, 0.6) is 0 Å². The third kappa shape index (κ3) is 3.76. The van der Waals surface area contributed by atoms with E-state index in [1.807, 2.05) is 11.8 Å². The summed E-state index contributed by atoms with van der Waals surface area (Å²) in [6.45, 7) is 9.09. The van der Waals surface area contributed by atoms with Crippen molar-refractivity contribution < 1.29 is 4.79 Å². The van der Waals surface area contributed by atoms with Gasteiger partial charge >= 0.3 is 0 Å². The van der Waals surface area contributed by atoms with Gasteiger partial charge in [0.2, 0.25) is 0 Å². The van der Waals surface area contributed by atoms with E-state index in [2.05, 4.69) is 24.1 Å². The van der Waals surface area contributed by atoms with Crippen molar-refractivity contribution in [3.05, 3.63) is 16.1 Å². The first kappa shape index (κ1) is 14.5. The highest BCUT2D eigenvalue weighted by Gasteiger charge is 2.24. The Kier molecular flexibility index (Phi) is 4.93. The second-order valence-corrected chi connectivity index (χ2v) is 6.74. The Hall–Kier alpha value is -0.940. The monoisotopic (exact) mass is 281 g/mol. The zero-order chi connectivity index (χ0) is 13.8. The molecule has 0 bridgehead atoms. The van der Waals surface area contributed by atoms with Crippen molar-refractivity contribution in [2.24, 2.45) is 5.92 Å². The van der Waals surface area contributed by atoms with Crippen LogP contribution in [-0.4, -0.2) is 41.5 Å². The largest absolute Gasteiger partial charge is 0.335 e. The normalized spacial score (nSPS) is 19.7. The number of nitrogens with zero attached hydrogens (tertiary/aromatic N) is 2. The minimum Gasteiger partial charge on any atom is -0.335 e. The molecule has 1 aliphatic heterocycles. The summed E-state index contributed by atoms with van der Waals surface area (Å²) in [6.07, 6.45) is 4.13. The Bertz CT molecular complexity index is 424. The number of thiazole rings is 1. The maximum absolute atomic E-state index is 12.5. The number of carbonyl (C=O) groups excluding carboxylic acids is 1. The number of carbonyl (C=O) groups is 1. The minimum atomic E-state index is 0.131. The van der Waals surface area contributed by atoms with E-state index >= 15 is 0 Å². The lowest BCUT2D eigenvalue weighted by molar-refractivity contribution is 0.0665. The van der Waals surface area contributed by atoms with Crippen LogP contribution in [0.3, 0.4) is 0 Å². The van der Waals surface area contributed by atoms with Crippen LogP contribution in [0.4, 0.5) is 0 Å². The molecule has 1 aromatic rings. The van der Waals surface area contributed by atoms with Gasteiger partial charge in [-0.05, 0) is 52.6 Å². The average Bonchev–Trinajstić information content (AvgIpc) is 2.83. The van der Waals surface area contributed by atoms with Crippen molar-refractivity contribution in [2.45, 2.75) is 39.7 Å². The molecule has 1 fully saturated rings.